The van der Waals surface area contributed by atoms with Crippen LogP contribution < -0.4 is 10.6 Å². The van der Waals surface area contributed by atoms with Crippen LogP contribution in [0.4, 0.5) is 4.79 Å². The summed E-state index contributed by atoms with van der Waals surface area (Å²) in [5.41, 5.74) is -0.0344. The Kier molecular flexibility index (Phi) is 6.21. The lowest BCUT2D eigenvalue weighted by atomic mass is 9.89. The summed E-state index contributed by atoms with van der Waals surface area (Å²) in [6.07, 6.45) is 5.83. The first-order valence-corrected chi connectivity index (χ1v) is 6.91. The standard InChI is InChI=1S/C14H22N2O4/c1-9(10(2)13(18)19)12(17)16-14(20)15-8-11-6-4-3-5-7-11/h11H,3-8H2,1-2H3,(H,18,19)(H2,15,16,17,20). The lowest BCUT2D eigenvalue weighted by Crippen LogP contribution is -2.42. The molecule has 0 aromatic carbocycles. The topological polar surface area (TPSA) is 95.5 Å². The summed E-state index contributed by atoms with van der Waals surface area (Å²) in [6.45, 7) is 3.27. The normalized spacial score (nSPS) is 17.1. The summed E-state index contributed by atoms with van der Waals surface area (Å²) >= 11 is 0. The number of rotatable bonds is 4. The zero-order valence-corrected chi connectivity index (χ0v) is 12.0. The lowest BCUT2D eigenvalue weighted by Gasteiger charge is -2.21. The number of hydrogen-bond acceptors (Lipinski definition) is 3. The van der Waals surface area contributed by atoms with Crippen molar-refractivity contribution in [3.05, 3.63) is 11.1 Å². The van der Waals surface area contributed by atoms with Crippen LogP contribution in [0.2, 0.25) is 0 Å². The van der Waals surface area contributed by atoms with Crippen LogP contribution in [0.5, 0.6) is 0 Å². The van der Waals surface area contributed by atoms with Gasteiger partial charge < -0.3 is 10.4 Å². The van der Waals surface area contributed by atoms with Gasteiger partial charge in [-0.2, -0.15) is 0 Å². The first-order valence-electron chi connectivity index (χ1n) is 6.91. The van der Waals surface area contributed by atoms with E-state index in [9.17, 15) is 14.4 Å². The number of amides is 3. The molecule has 0 aromatic rings. The Morgan fingerprint density at radius 1 is 1.05 bits per heavy atom. The molecule has 1 saturated carbocycles. The maximum absolute atomic E-state index is 11.7. The van der Waals surface area contributed by atoms with Crippen molar-refractivity contribution < 1.29 is 19.5 Å². The average Bonchev–Trinajstić information content (AvgIpc) is 2.44. The van der Waals surface area contributed by atoms with Crippen LogP contribution in [-0.4, -0.2) is 29.6 Å². The molecule has 0 heterocycles. The molecule has 0 atom stereocenters. The lowest BCUT2D eigenvalue weighted by molar-refractivity contribution is -0.133. The minimum absolute atomic E-state index is 0.0327. The predicted molar refractivity (Wildman–Crippen MR) is 74.1 cm³/mol. The van der Waals surface area contributed by atoms with Crippen molar-refractivity contribution in [2.45, 2.75) is 46.0 Å². The average molecular weight is 282 g/mol. The van der Waals surface area contributed by atoms with Gasteiger partial charge in [0.05, 0.1) is 0 Å². The third-order valence-corrected chi connectivity index (χ3v) is 3.73. The van der Waals surface area contributed by atoms with Crippen LogP contribution in [0.3, 0.4) is 0 Å². The van der Waals surface area contributed by atoms with E-state index in [0.29, 0.717) is 12.5 Å². The molecule has 3 amide bonds. The molecule has 6 heteroatoms. The van der Waals surface area contributed by atoms with Gasteiger partial charge in [0.25, 0.3) is 5.91 Å². The molecule has 0 unspecified atom stereocenters. The summed E-state index contributed by atoms with van der Waals surface area (Å²) in [5, 5.41) is 13.6. The fourth-order valence-electron chi connectivity index (χ4n) is 2.20. The highest BCUT2D eigenvalue weighted by Crippen LogP contribution is 2.22. The molecule has 0 saturated heterocycles. The van der Waals surface area contributed by atoms with E-state index in [-0.39, 0.29) is 11.1 Å². The molecular weight excluding hydrogens is 260 g/mol. The maximum atomic E-state index is 11.7. The van der Waals surface area contributed by atoms with Crippen molar-refractivity contribution in [2.24, 2.45) is 5.92 Å². The summed E-state index contributed by atoms with van der Waals surface area (Å²) in [7, 11) is 0. The Morgan fingerprint density at radius 3 is 2.20 bits per heavy atom. The van der Waals surface area contributed by atoms with Crippen molar-refractivity contribution >= 4 is 17.9 Å². The van der Waals surface area contributed by atoms with E-state index in [0.717, 1.165) is 12.8 Å². The quantitative estimate of drug-likeness (QED) is 0.685. The van der Waals surface area contributed by atoms with Crippen molar-refractivity contribution in [1.29, 1.82) is 0 Å². The van der Waals surface area contributed by atoms with Crippen LogP contribution in [0.1, 0.15) is 46.0 Å². The Morgan fingerprint density at radius 2 is 1.65 bits per heavy atom. The summed E-state index contributed by atoms with van der Waals surface area (Å²) in [6, 6.07) is -0.571. The number of hydrogen-bond donors (Lipinski definition) is 3. The highest BCUT2D eigenvalue weighted by Gasteiger charge is 2.17. The Hall–Kier alpha value is -1.85. The Bertz CT molecular complexity index is 423. The maximum Gasteiger partial charge on any atom is 0.331 e. The Labute approximate surface area is 118 Å². The van der Waals surface area contributed by atoms with Gasteiger partial charge in [-0.25, -0.2) is 9.59 Å². The zero-order chi connectivity index (χ0) is 15.1. The molecule has 112 valence electrons. The molecule has 1 fully saturated rings. The molecular formula is C14H22N2O4. The number of carbonyl (C=O) groups excluding carboxylic acids is 2. The number of imide groups is 1. The predicted octanol–water partition coefficient (Wildman–Crippen LogP) is 1.81. The largest absolute Gasteiger partial charge is 0.478 e. The number of nitrogens with one attached hydrogen (secondary N) is 2. The van der Waals surface area contributed by atoms with E-state index in [1.54, 1.807) is 0 Å². The van der Waals surface area contributed by atoms with Gasteiger partial charge in [0, 0.05) is 17.7 Å². The molecule has 0 aromatic heterocycles. The van der Waals surface area contributed by atoms with Gasteiger partial charge in [-0.05, 0) is 32.6 Å². The molecule has 0 radical (unpaired) electrons. The van der Waals surface area contributed by atoms with Crippen molar-refractivity contribution in [3.8, 4) is 0 Å². The molecule has 1 aliphatic rings. The molecule has 1 rings (SSSR count). The molecule has 20 heavy (non-hydrogen) atoms. The number of carbonyl (C=O) groups is 3. The fraction of sp³-hybridized carbons (Fsp3) is 0.643. The summed E-state index contributed by atoms with van der Waals surface area (Å²) in [4.78, 5) is 34.0. The van der Waals surface area contributed by atoms with Crippen LogP contribution in [0.25, 0.3) is 0 Å². The second kappa shape index (κ2) is 7.67. The van der Waals surface area contributed by atoms with E-state index in [4.69, 9.17) is 5.11 Å². The molecule has 0 spiro atoms. The Balaban J connectivity index is 2.40. The van der Waals surface area contributed by atoms with E-state index in [2.05, 4.69) is 10.6 Å². The number of carboxylic acid groups (broad SMARTS) is 1. The van der Waals surface area contributed by atoms with E-state index >= 15 is 0 Å². The molecule has 0 bridgehead atoms. The fourth-order valence-corrected chi connectivity index (χ4v) is 2.20. The first kappa shape index (κ1) is 16.2. The highest BCUT2D eigenvalue weighted by molar-refractivity contribution is 6.07. The van der Waals surface area contributed by atoms with E-state index in [1.807, 2.05) is 0 Å². The smallest absolute Gasteiger partial charge is 0.331 e. The van der Waals surface area contributed by atoms with Crippen LogP contribution in [-0.2, 0) is 9.59 Å². The SMILES string of the molecule is CC(C(=O)O)=C(C)C(=O)NC(=O)NCC1CCCCC1. The van der Waals surface area contributed by atoms with Gasteiger partial charge in [-0.3, -0.25) is 10.1 Å². The van der Waals surface area contributed by atoms with Gasteiger partial charge in [-0.15, -0.1) is 0 Å². The number of carboxylic acids is 1. The van der Waals surface area contributed by atoms with Gasteiger partial charge in [-0.1, -0.05) is 19.3 Å². The van der Waals surface area contributed by atoms with E-state index < -0.39 is 17.9 Å². The van der Waals surface area contributed by atoms with Crippen LogP contribution in [0, 0.1) is 5.92 Å². The second-order valence-corrected chi connectivity index (χ2v) is 5.22. The molecule has 0 aliphatic heterocycles. The number of aliphatic carboxylic acids is 1. The third-order valence-electron chi connectivity index (χ3n) is 3.73. The monoisotopic (exact) mass is 282 g/mol. The molecule has 1 aliphatic carbocycles. The van der Waals surface area contributed by atoms with Crippen molar-refractivity contribution in [2.75, 3.05) is 6.54 Å². The third kappa shape index (κ3) is 5.03. The highest BCUT2D eigenvalue weighted by atomic mass is 16.4. The molecule has 3 N–H and O–H groups in total. The van der Waals surface area contributed by atoms with Crippen LogP contribution in [0.15, 0.2) is 11.1 Å². The summed E-state index contributed by atoms with van der Waals surface area (Å²) < 4.78 is 0. The van der Waals surface area contributed by atoms with Gasteiger partial charge in [0.2, 0.25) is 0 Å². The minimum atomic E-state index is -1.17. The van der Waals surface area contributed by atoms with Gasteiger partial charge >= 0.3 is 12.0 Å². The minimum Gasteiger partial charge on any atom is -0.478 e. The first-order chi connectivity index (χ1) is 9.41. The van der Waals surface area contributed by atoms with Crippen LogP contribution >= 0.6 is 0 Å². The second-order valence-electron chi connectivity index (χ2n) is 5.22. The van der Waals surface area contributed by atoms with E-state index in [1.165, 1.54) is 33.1 Å². The van der Waals surface area contributed by atoms with Gasteiger partial charge in [0.15, 0.2) is 0 Å². The zero-order valence-electron chi connectivity index (χ0n) is 12.0. The van der Waals surface area contributed by atoms with Gasteiger partial charge in [0.1, 0.15) is 0 Å². The van der Waals surface area contributed by atoms with Crippen molar-refractivity contribution in [3.63, 3.8) is 0 Å². The molecule has 6 nitrogen and oxygen atoms in total. The summed E-state index contributed by atoms with van der Waals surface area (Å²) in [5.74, 6) is -1.37. The van der Waals surface area contributed by atoms with Crippen molar-refractivity contribution in [1.82, 2.24) is 10.6 Å². The number of urea groups is 1.